The number of rotatable bonds is 3. The molecule has 0 bridgehead atoms. The first-order valence-corrected chi connectivity index (χ1v) is 9.92. The van der Waals surface area contributed by atoms with Crippen LogP contribution in [-0.4, -0.2) is 16.8 Å². The largest absolute Gasteiger partial charge is 0.399 e. The zero-order valence-corrected chi connectivity index (χ0v) is 17.4. The quantitative estimate of drug-likeness (QED) is 0.176. The van der Waals surface area contributed by atoms with Crippen LogP contribution < -0.4 is 11.5 Å². The van der Waals surface area contributed by atoms with Gasteiger partial charge in [0.25, 0.3) is 0 Å². The van der Waals surface area contributed by atoms with Crippen molar-refractivity contribution in [2.45, 2.75) is 31.6 Å². The Hall–Kier alpha value is -2.15. The number of fused-ring (bicyclic) bond motifs is 1. The maximum atomic E-state index is 12.8. The van der Waals surface area contributed by atoms with E-state index in [2.05, 4.69) is 30.9 Å². The molecule has 0 fully saturated rings. The van der Waals surface area contributed by atoms with Gasteiger partial charge in [-0.25, -0.2) is 14.6 Å². The summed E-state index contributed by atoms with van der Waals surface area (Å²) < 4.78 is 0.668. The maximum absolute atomic E-state index is 12.8. The summed E-state index contributed by atoms with van der Waals surface area (Å²) in [5, 5.41) is 4.38. The van der Waals surface area contributed by atoms with Crippen molar-refractivity contribution in [1.82, 2.24) is 4.98 Å². The second-order valence-electron chi connectivity index (χ2n) is 6.26. The third-order valence-electron chi connectivity index (χ3n) is 4.43. The van der Waals surface area contributed by atoms with Crippen LogP contribution >= 0.6 is 38.9 Å². The third kappa shape index (κ3) is 3.65. The van der Waals surface area contributed by atoms with E-state index in [1.807, 2.05) is 0 Å². The van der Waals surface area contributed by atoms with Crippen LogP contribution in [0.2, 0.25) is 5.15 Å². The van der Waals surface area contributed by atoms with Gasteiger partial charge in [0.05, 0.1) is 17.0 Å². The first kappa shape index (κ1) is 19.6. The van der Waals surface area contributed by atoms with Gasteiger partial charge in [0.2, 0.25) is 5.69 Å². The van der Waals surface area contributed by atoms with Crippen molar-refractivity contribution >= 4 is 61.4 Å². The highest BCUT2D eigenvalue weighted by molar-refractivity contribution is 9.10. The summed E-state index contributed by atoms with van der Waals surface area (Å²) in [4.78, 5) is 26.5. The van der Waals surface area contributed by atoms with E-state index in [0.717, 1.165) is 17.7 Å². The number of hydrogen-bond donors (Lipinski definition) is 2. The van der Waals surface area contributed by atoms with Crippen molar-refractivity contribution in [1.29, 1.82) is 0 Å². The second kappa shape index (κ2) is 7.46. The topological polar surface area (TPSA) is 108 Å². The maximum Gasteiger partial charge on any atom is 0.344 e. The van der Waals surface area contributed by atoms with Gasteiger partial charge in [-0.05, 0) is 48.8 Å². The molecule has 1 unspecified atom stereocenters. The predicted molar refractivity (Wildman–Crippen MR) is 109 cm³/mol. The number of nitrogen functional groups attached to an aromatic ring is 1. The van der Waals surface area contributed by atoms with Crippen LogP contribution in [0.4, 0.5) is 10.7 Å². The standard InChI is InChI=1S/C17H15BrClN5O2S/c1-17(5-3-4-10-12(17)13(22-2)15(21)27-10)16(25)26-24-14(20)9-6-8(18)7-11(19)23-9/h6-7H,3-5,21H2,1H3,(H2,20,24). The van der Waals surface area contributed by atoms with Crippen molar-refractivity contribution < 1.29 is 9.63 Å². The van der Waals surface area contributed by atoms with Gasteiger partial charge < -0.3 is 16.3 Å². The van der Waals surface area contributed by atoms with Gasteiger partial charge in [-0.2, -0.15) is 0 Å². The van der Waals surface area contributed by atoms with Gasteiger partial charge in [0.1, 0.15) is 10.8 Å². The number of aromatic nitrogens is 1. The fraction of sp³-hybridized carbons (Fsp3) is 0.294. The number of hydrogen-bond acceptors (Lipinski definition) is 6. The Morgan fingerprint density at radius 3 is 2.96 bits per heavy atom. The van der Waals surface area contributed by atoms with Gasteiger partial charge in [-0.3, -0.25) is 0 Å². The number of carbonyl (C=O) groups excluding carboxylic acids is 1. The van der Waals surface area contributed by atoms with Crippen LogP contribution in [0, 0.1) is 6.57 Å². The highest BCUT2D eigenvalue weighted by atomic mass is 79.9. The molecule has 0 spiro atoms. The molecule has 1 atom stereocenters. The van der Waals surface area contributed by atoms with Crippen molar-refractivity contribution in [3.63, 3.8) is 0 Å². The Morgan fingerprint density at radius 1 is 1.56 bits per heavy atom. The summed E-state index contributed by atoms with van der Waals surface area (Å²) in [6, 6.07) is 3.21. The summed E-state index contributed by atoms with van der Waals surface area (Å²) >= 11 is 10.5. The third-order valence-corrected chi connectivity index (χ3v) is 6.14. The number of halogens is 2. The minimum absolute atomic E-state index is 0.0820. The molecule has 10 heteroatoms. The molecule has 27 heavy (non-hydrogen) atoms. The van der Waals surface area contributed by atoms with E-state index in [1.165, 1.54) is 11.3 Å². The first-order valence-electron chi connectivity index (χ1n) is 7.93. The molecule has 2 aromatic heterocycles. The zero-order chi connectivity index (χ0) is 19.8. The molecular weight excluding hydrogens is 454 g/mol. The van der Waals surface area contributed by atoms with E-state index in [-0.39, 0.29) is 16.7 Å². The van der Waals surface area contributed by atoms with Crippen LogP contribution in [-0.2, 0) is 21.5 Å². The van der Waals surface area contributed by atoms with Crippen molar-refractivity contribution in [3.8, 4) is 0 Å². The minimum atomic E-state index is -1.01. The normalized spacial score (nSPS) is 19.3. The lowest BCUT2D eigenvalue weighted by Crippen LogP contribution is -2.36. The van der Waals surface area contributed by atoms with Crippen LogP contribution in [0.1, 0.15) is 35.9 Å². The molecule has 4 N–H and O–H groups in total. The average Bonchev–Trinajstić information content (AvgIpc) is 2.95. The average molecular weight is 469 g/mol. The Labute approximate surface area is 173 Å². The van der Waals surface area contributed by atoms with Gasteiger partial charge in [0.15, 0.2) is 5.84 Å². The highest BCUT2D eigenvalue weighted by Gasteiger charge is 2.44. The van der Waals surface area contributed by atoms with Crippen molar-refractivity contribution in [2.75, 3.05) is 5.73 Å². The molecule has 1 aliphatic carbocycles. The molecule has 3 rings (SSSR count). The van der Waals surface area contributed by atoms with E-state index in [4.69, 9.17) is 34.5 Å². The number of aryl methyl sites for hydroxylation is 1. The molecule has 0 saturated heterocycles. The number of carbonyl (C=O) groups is 1. The lowest BCUT2D eigenvalue weighted by atomic mass is 9.73. The molecule has 0 aliphatic heterocycles. The van der Waals surface area contributed by atoms with Crippen LogP contribution in [0.5, 0.6) is 0 Å². The van der Waals surface area contributed by atoms with Crippen LogP contribution in [0.25, 0.3) is 4.85 Å². The zero-order valence-electron chi connectivity index (χ0n) is 14.3. The number of pyridine rings is 1. The van der Waals surface area contributed by atoms with Gasteiger partial charge >= 0.3 is 5.97 Å². The molecule has 0 amide bonds. The second-order valence-corrected chi connectivity index (χ2v) is 8.70. The summed E-state index contributed by atoms with van der Waals surface area (Å²) in [6.07, 6.45) is 2.11. The monoisotopic (exact) mass is 467 g/mol. The van der Waals surface area contributed by atoms with Gasteiger partial charge in [-0.15, -0.1) is 11.3 Å². The van der Waals surface area contributed by atoms with E-state index >= 15 is 0 Å². The summed E-state index contributed by atoms with van der Waals surface area (Å²) in [6.45, 7) is 9.15. The predicted octanol–water partition coefficient (Wildman–Crippen LogP) is 4.15. The van der Waals surface area contributed by atoms with E-state index in [1.54, 1.807) is 19.1 Å². The molecule has 0 radical (unpaired) electrons. The molecule has 2 heterocycles. The number of thiophene rings is 1. The highest BCUT2D eigenvalue weighted by Crippen LogP contribution is 2.50. The van der Waals surface area contributed by atoms with Crippen LogP contribution in [0.15, 0.2) is 21.8 Å². The number of nitrogens with two attached hydrogens (primary N) is 2. The Bertz CT molecular complexity index is 980. The molecule has 7 nitrogen and oxygen atoms in total. The van der Waals surface area contributed by atoms with Gasteiger partial charge in [-0.1, -0.05) is 32.7 Å². The fourth-order valence-corrected chi connectivity index (χ4v) is 5.06. The molecule has 0 aromatic carbocycles. The SMILES string of the molecule is [C-]#[N+]c1c(N)sc2c1C(C)(C(=O)O/N=C(\N)c1cc(Br)cc(Cl)n1)CCC2. The lowest BCUT2D eigenvalue weighted by Gasteiger charge is -2.31. The van der Waals surface area contributed by atoms with Crippen LogP contribution in [0.3, 0.4) is 0 Å². The summed E-state index contributed by atoms with van der Waals surface area (Å²) in [5.41, 5.74) is 12.1. The number of oxime groups is 1. The van der Waals surface area contributed by atoms with Crippen molar-refractivity contribution in [2.24, 2.45) is 10.9 Å². The first-order chi connectivity index (χ1) is 12.8. The molecule has 1 aliphatic rings. The molecule has 0 saturated carbocycles. The number of anilines is 1. The number of nitrogens with zero attached hydrogens (tertiary/aromatic N) is 3. The Balaban J connectivity index is 1.90. The Morgan fingerprint density at radius 2 is 2.30 bits per heavy atom. The summed E-state index contributed by atoms with van der Waals surface area (Å²) in [5.74, 6) is -0.670. The fourth-order valence-electron chi connectivity index (χ4n) is 3.11. The van der Waals surface area contributed by atoms with Gasteiger partial charge in [0, 0.05) is 4.47 Å². The molecule has 140 valence electrons. The number of amidine groups is 1. The molecule has 2 aromatic rings. The smallest absolute Gasteiger partial charge is 0.344 e. The van der Waals surface area contributed by atoms with E-state index in [9.17, 15) is 4.79 Å². The lowest BCUT2D eigenvalue weighted by molar-refractivity contribution is -0.150. The van der Waals surface area contributed by atoms with E-state index < -0.39 is 11.4 Å². The summed E-state index contributed by atoms with van der Waals surface area (Å²) in [7, 11) is 0. The van der Waals surface area contributed by atoms with E-state index in [0.29, 0.717) is 27.1 Å². The Kier molecular flexibility index (Phi) is 5.42. The molecular formula is C17H15BrClN5O2S. The van der Waals surface area contributed by atoms with Crippen molar-refractivity contribution in [3.05, 3.63) is 49.3 Å². The minimum Gasteiger partial charge on any atom is -0.399 e.